The number of fused-ring (bicyclic) bond motifs is 1. The van der Waals surface area contributed by atoms with Gasteiger partial charge in [-0.25, -0.2) is 10.2 Å². The molecular weight excluding hydrogens is 530 g/mol. The van der Waals surface area contributed by atoms with Gasteiger partial charge in [0.25, 0.3) is 5.91 Å². The Labute approximate surface area is 236 Å². The number of hydrazone groups is 1. The van der Waals surface area contributed by atoms with E-state index in [1.54, 1.807) is 44.2 Å². The summed E-state index contributed by atoms with van der Waals surface area (Å²) in [6, 6.07) is 19.6. The first-order valence-electron chi connectivity index (χ1n) is 12.4. The van der Waals surface area contributed by atoms with Crippen molar-refractivity contribution in [2.75, 3.05) is 19.8 Å². The molecule has 204 valence electrons. The molecule has 0 aliphatic carbocycles. The minimum Gasteiger partial charge on any atom is -0.483 e. The lowest BCUT2D eigenvalue weighted by Gasteiger charge is -2.30. The van der Waals surface area contributed by atoms with Gasteiger partial charge in [0.2, 0.25) is 0 Å². The fourth-order valence-electron chi connectivity index (χ4n) is 4.25. The summed E-state index contributed by atoms with van der Waals surface area (Å²) in [5.41, 5.74) is 4.63. The molecule has 1 aliphatic rings. The van der Waals surface area contributed by atoms with E-state index in [1.807, 2.05) is 36.4 Å². The average Bonchev–Trinajstić information content (AvgIpc) is 2.95. The van der Waals surface area contributed by atoms with Crippen molar-refractivity contribution in [2.24, 2.45) is 5.10 Å². The molecule has 1 aliphatic heterocycles. The molecule has 0 aromatic heterocycles. The van der Waals surface area contributed by atoms with Gasteiger partial charge in [-0.15, -0.1) is 0 Å². The van der Waals surface area contributed by atoms with Crippen LogP contribution in [0.2, 0.25) is 0 Å². The van der Waals surface area contributed by atoms with Crippen molar-refractivity contribution < 1.29 is 23.8 Å². The summed E-state index contributed by atoms with van der Waals surface area (Å²) >= 11 is 5.31. The van der Waals surface area contributed by atoms with Crippen molar-refractivity contribution >= 4 is 46.2 Å². The molecule has 1 atom stereocenters. The lowest BCUT2D eigenvalue weighted by atomic mass is 9.95. The molecule has 10 nitrogen and oxygen atoms in total. The normalized spacial score (nSPS) is 14.7. The summed E-state index contributed by atoms with van der Waals surface area (Å²) in [4.78, 5) is 25.3. The molecular formula is C29H27N5O5S. The Morgan fingerprint density at radius 3 is 2.67 bits per heavy atom. The number of thiocarbonyl (C=S) groups is 1. The van der Waals surface area contributed by atoms with Crippen molar-refractivity contribution in [1.82, 2.24) is 16.1 Å². The molecule has 40 heavy (non-hydrogen) atoms. The van der Waals surface area contributed by atoms with E-state index >= 15 is 0 Å². The fourth-order valence-corrected chi connectivity index (χ4v) is 4.52. The number of nitriles is 1. The second kappa shape index (κ2) is 13.2. The van der Waals surface area contributed by atoms with Gasteiger partial charge in [0.05, 0.1) is 24.4 Å². The molecule has 0 unspecified atom stereocenters. The third-order valence-corrected chi connectivity index (χ3v) is 6.18. The maximum Gasteiger partial charge on any atom is 0.338 e. The van der Waals surface area contributed by atoms with E-state index in [2.05, 4.69) is 21.2 Å². The molecule has 3 aromatic carbocycles. The Balaban J connectivity index is 1.49. The topological polar surface area (TPSA) is 134 Å². The van der Waals surface area contributed by atoms with E-state index in [1.165, 1.54) is 6.21 Å². The third-order valence-electron chi connectivity index (χ3n) is 5.96. The monoisotopic (exact) mass is 557 g/mol. The summed E-state index contributed by atoms with van der Waals surface area (Å²) in [5.74, 6) is -0.130. The van der Waals surface area contributed by atoms with Crippen LogP contribution in [0.5, 0.6) is 11.5 Å². The van der Waals surface area contributed by atoms with E-state index in [0.29, 0.717) is 39.0 Å². The number of allylic oxidation sites excluding steroid dienone is 1. The van der Waals surface area contributed by atoms with Crippen LogP contribution in [0.1, 0.15) is 31.0 Å². The SMILES string of the molecule is CCOC(=O)C1=C(C)NC(=S)N[C@@H]1c1ccccc1OCC(=O)NN=Cc1c(OCC#N)ccc2ccccc12. The van der Waals surface area contributed by atoms with Crippen LogP contribution < -0.4 is 25.5 Å². The number of nitrogens with zero attached hydrogens (tertiary/aromatic N) is 2. The number of carbonyl (C=O) groups excluding carboxylic acids is 2. The van der Waals surface area contributed by atoms with Crippen LogP contribution in [-0.2, 0) is 14.3 Å². The van der Waals surface area contributed by atoms with Crippen molar-refractivity contribution in [2.45, 2.75) is 19.9 Å². The molecule has 11 heteroatoms. The Hall–Kier alpha value is -4.95. The summed E-state index contributed by atoms with van der Waals surface area (Å²) < 4.78 is 16.6. The molecule has 0 saturated heterocycles. The maximum atomic E-state index is 12.7. The first kappa shape index (κ1) is 28.1. The molecule has 0 bridgehead atoms. The Kier molecular flexibility index (Phi) is 9.27. The second-order valence-corrected chi connectivity index (χ2v) is 8.96. The number of hydrogen-bond donors (Lipinski definition) is 3. The molecule has 1 heterocycles. The number of nitrogens with one attached hydrogen (secondary N) is 3. The van der Waals surface area contributed by atoms with Crippen LogP contribution in [0.15, 0.2) is 77.0 Å². The van der Waals surface area contributed by atoms with Crippen molar-refractivity contribution in [3.8, 4) is 17.6 Å². The molecule has 0 radical (unpaired) electrons. The van der Waals surface area contributed by atoms with E-state index < -0.39 is 17.9 Å². The number of amides is 1. The third kappa shape index (κ3) is 6.54. The lowest BCUT2D eigenvalue weighted by Crippen LogP contribution is -2.45. The zero-order chi connectivity index (χ0) is 28.5. The first-order valence-corrected chi connectivity index (χ1v) is 12.8. The highest BCUT2D eigenvalue weighted by Crippen LogP contribution is 2.33. The van der Waals surface area contributed by atoms with E-state index in [9.17, 15) is 9.59 Å². The highest BCUT2D eigenvalue weighted by atomic mass is 32.1. The van der Waals surface area contributed by atoms with Gasteiger partial charge in [-0.3, -0.25) is 4.79 Å². The predicted octanol–water partition coefficient (Wildman–Crippen LogP) is 3.63. The minimum absolute atomic E-state index is 0.123. The number of rotatable bonds is 10. The van der Waals surface area contributed by atoms with Crippen molar-refractivity contribution in [3.63, 3.8) is 0 Å². The fraction of sp³-hybridized carbons (Fsp3) is 0.207. The van der Waals surface area contributed by atoms with Crippen LogP contribution >= 0.6 is 12.2 Å². The van der Waals surface area contributed by atoms with Crippen molar-refractivity contribution in [3.05, 3.63) is 83.1 Å². The molecule has 0 saturated carbocycles. The zero-order valence-corrected chi connectivity index (χ0v) is 22.7. The maximum absolute atomic E-state index is 12.7. The van der Waals surface area contributed by atoms with Gasteiger partial charge in [-0.1, -0.05) is 48.5 Å². The summed E-state index contributed by atoms with van der Waals surface area (Å²) in [7, 11) is 0. The van der Waals surface area contributed by atoms with Gasteiger partial charge in [0.1, 0.15) is 17.6 Å². The van der Waals surface area contributed by atoms with Gasteiger partial charge in [-0.2, -0.15) is 10.4 Å². The largest absolute Gasteiger partial charge is 0.483 e. The van der Waals surface area contributed by atoms with Crippen LogP contribution in [0, 0.1) is 11.3 Å². The second-order valence-electron chi connectivity index (χ2n) is 8.56. The van der Waals surface area contributed by atoms with Crippen molar-refractivity contribution in [1.29, 1.82) is 5.26 Å². The smallest absolute Gasteiger partial charge is 0.338 e. The highest BCUT2D eigenvalue weighted by molar-refractivity contribution is 7.80. The molecule has 4 rings (SSSR count). The number of esters is 1. The predicted molar refractivity (Wildman–Crippen MR) is 154 cm³/mol. The molecule has 0 fully saturated rings. The number of benzene rings is 3. The molecule has 0 spiro atoms. The number of carbonyl (C=O) groups is 2. The Bertz CT molecular complexity index is 1550. The van der Waals surface area contributed by atoms with Crippen LogP contribution in [0.4, 0.5) is 0 Å². The van der Waals surface area contributed by atoms with Gasteiger partial charge < -0.3 is 24.8 Å². The van der Waals surface area contributed by atoms with Gasteiger partial charge >= 0.3 is 5.97 Å². The van der Waals surface area contributed by atoms with Crippen LogP contribution in [0.3, 0.4) is 0 Å². The zero-order valence-electron chi connectivity index (χ0n) is 21.9. The number of para-hydroxylation sites is 1. The Morgan fingerprint density at radius 2 is 1.88 bits per heavy atom. The molecule has 1 amide bonds. The van der Waals surface area contributed by atoms with Gasteiger partial charge in [0.15, 0.2) is 18.3 Å². The highest BCUT2D eigenvalue weighted by Gasteiger charge is 2.32. The average molecular weight is 558 g/mol. The number of hydrogen-bond acceptors (Lipinski definition) is 8. The Morgan fingerprint density at radius 1 is 1.10 bits per heavy atom. The van der Waals surface area contributed by atoms with Gasteiger partial charge in [0, 0.05) is 16.8 Å². The van der Waals surface area contributed by atoms with Crippen LogP contribution in [-0.4, -0.2) is 43.0 Å². The minimum atomic E-state index is -0.636. The lowest BCUT2D eigenvalue weighted by molar-refractivity contribution is -0.139. The first-order chi connectivity index (χ1) is 19.4. The molecule has 3 N–H and O–H groups in total. The van der Waals surface area contributed by atoms with E-state index in [4.69, 9.17) is 31.7 Å². The summed E-state index contributed by atoms with van der Waals surface area (Å²) in [6.45, 7) is 3.23. The summed E-state index contributed by atoms with van der Waals surface area (Å²) in [5, 5.41) is 21.2. The summed E-state index contributed by atoms with van der Waals surface area (Å²) in [6.07, 6.45) is 1.47. The van der Waals surface area contributed by atoms with Crippen LogP contribution in [0.25, 0.3) is 10.8 Å². The van der Waals surface area contributed by atoms with E-state index in [0.717, 1.165) is 10.8 Å². The van der Waals surface area contributed by atoms with Gasteiger partial charge in [-0.05, 0) is 49.0 Å². The number of ether oxygens (including phenoxy) is 3. The standard InChI is InChI=1S/C29H27N5O5S/c1-3-37-28(36)26-18(2)32-29(40)33-27(26)21-10-6-7-11-23(21)39-17-25(35)34-31-16-22-20-9-5-4-8-19(20)12-13-24(22)38-15-14-30/h4-13,16,27H,3,15,17H2,1-2H3,(H,34,35)(H2,32,33,40)/t27-/m1/s1. The van der Waals surface area contributed by atoms with E-state index in [-0.39, 0.29) is 19.8 Å². The molecule has 3 aromatic rings. The quantitative estimate of drug-likeness (QED) is 0.148.